The van der Waals surface area contributed by atoms with Crippen molar-refractivity contribution in [2.24, 2.45) is 5.73 Å². The maximum absolute atomic E-state index is 13.1. The van der Waals surface area contributed by atoms with E-state index in [1.54, 1.807) is 41.8 Å². The number of hydrogen-bond acceptors (Lipinski definition) is 7. The number of thiophene rings is 1. The van der Waals surface area contributed by atoms with Gasteiger partial charge in [0.1, 0.15) is 10.8 Å². The molecule has 0 radical (unpaired) electrons. The fourth-order valence-electron chi connectivity index (χ4n) is 2.58. The van der Waals surface area contributed by atoms with Crippen LogP contribution in [0.15, 0.2) is 30.3 Å². The lowest BCUT2D eigenvalue weighted by molar-refractivity contribution is -0.304. The second-order valence-electron chi connectivity index (χ2n) is 5.49. The molecule has 0 aliphatic carbocycles. The summed E-state index contributed by atoms with van der Waals surface area (Å²) in [5.41, 5.74) is 6.37. The Kier molecular flexibility index (Phi) is 5.17. The minimum atomic E-state index is -1.23. The Morgan fingerprint density at radius 2 is 2.00 bits per heavy atom. The van der Waals surface area contributed by atoms with Crippen LogP contribution in [0.25, 0.3) is 5.00 Å². The Hall–Kier alpha value is -2.55. The Morgan fingerprint density at radius 1 is 1.27 bits per heavy atom. The van der Waals surface area contributed by atoms with Gasteiger partial charge in [-0.25, -0.2) is 0 Å². The molecule has 0 spiro atoms. The van der Waals surface area contributed by atoms with E-state index in [-0.39, 0.29) is 18.7 Å². The van der Waals surface area contributed by atoms with Gasteiger partial charge in [-0.15, -0.1) is 21.5 Å². The molecule has 0 saturated carbocycles. The number of aliphatic carboxylic acids is 1. The van der Waals surface area contributed by atoms with E-state index in [1.807, 2.05) is 0 Å². The first kappa shape index (κ1) is 18.2. The Labute approximate surface area is 158 Å². The van der Waals surface area contributed by atoms with Crippen LogP contribution in [-0.2, 0) is 17.8 Å². The van der Waals surface area contributed by atoms with E-state index in [2.05, 4.69) is 10.2 Å². The van der Waals surface area contributed by atoms with Crippen molar-refractivity contribution in [1.29, 1.82) is 0 Å². The van der Waals surface area contributed by atoms with Crippen LogP contribution < -0.4 is 10.8 Å². The van der Waals surface area contributed by atoms with Gasteiger partial charge in [0.25, 0.3) is 0 Å². The fourth-order valence-corrected chi connectivity index (χ4v) is 4.01. The van der Waals surface area contributed by atoms with Crippen molar-refractivity contribution in [3.05, 3.63) is 63.0 Å². The van der Waals surface area contributed by atoms with Gasteiger partial charge in [0, 0.05) is 22.8 Å². The number of carbonyl (C=O) groups is 2. The highest BCUT2D eigenvalue weighted by atomic mass is 35.5. The van der Waals surface area contributed by atoms with Gasteiger partial charge >= 0.3 is 0 Å². The maximum atomic E-state index is 13.1. The van der Waals surface area contributed by atoms with Gasteiger partial charge in [-0.05, 0) is 25.1 Å². The summed E-state index contributed by atoms with van der Waals surface area (Å²) in [6.07, 6.45) is -0.299. The van der Waals surface area contributed by atoms with E-state index in [9.17, 15) is 14.7 Å². The second-order valence-corrected chi connectivity index (χ2v) is 7.01. The van der Waals surface area contributed by atoms with Gasteiger partial charge in [0.15, 0.2) is 11.6 Å². The number of halogens is 1. The number of benzene rings is 1. The van der Waals surface area contributed by atoms with Crippen molar-refractivity contribution in [3.63, 3.8) is 0 Å². The number of nitrogens with two attached hydrogens (primary N) is 1. The molecule has 0 aliphatic rings. The van der Waals surface area contributed by atoms with Crippen LogP contribution in [-0.4, -0.2) is 26.5 Å². The lowest BCUT2D eigenvalue weighted by Crippen LogP contribution is -2.23. The summed E-state index contributed by atoms with van der Waals surface area (Å²) in [6, 6.07) is 8.22. The first-order valence-corrected chi connectivity index (χ1v) is 8.85. The van der Waals surface area contributed by atoms with Crippen molar-refractivity contribution < 1.29 is 14.7 Å². The number of nitrogens with zero attached hydrogens (tertiary/aromatic N) is 3. The van der Waals surface area contributed by atoms with Crippen molar-refractivity contribution in [3.8, 4) is 5.00 Å². The molecule has 7 nitrogen and oxygen atoms in total. The van der Waals surface area contributed by atoms with Crippen molar-refractivity contribution >= 4 is 34.7 Å². The number of carbonyl (C=O) groups excluding carboxylic acids is 2. The summed E-state index contributed by atoms with van der Waals surface area (Å²) in [7, 11) is 0. The van der Waals surface area contributed by atoms with Crippen LogP contribution in [0.1, 0.15) is 32.4 Å². The molecule has 9 heteroatoms. The molecule has 0 aliphatic heterocycles. The molecule has 2 heterocycles. The number of aryl methyl sites for hydroxylation is 1. The zero-order valence-corrected chi connectivity index (χ0v) is 15.3. The van der Waals surface area contributed by atoms with Gasteiger partial charge in [-0.2, -0.15) is 0 Å². The van der Waals surface area contributed by atoms with Crippen LogP contribution in [0.5, 0.6) is 0 Å². The Balaban J connectivity index is 2.19. The molecule has 26 heavy (non-hydrogen) atoms. The average molecular weight is 390 g/mol. The summed E-state index contributed by atoms with van der Waals surface area (Å²) >= 11 is 7.31. The molecule has 0 bridgehead atoms. The third kappa shape index (κ3) is 3.39. The van der Waals surface area contributed by atoms with E-state index < -0.39 is 5.97 Å². The topological polar surface area (TPSA) is 114 Å². The fraction of sp³-hybridized carbons (Fsp3) is 0.176. The number of carboxylic acid groups (broad SMARTS) is 1. The zero-order valence-electron chi connectivity index (χ0n) is 13.7. The zero-order chi connectivity index (χ0) is 18.8. The number of hydrogen-bond donors (Lipinski definition) is 1. The summed E-state index contributed by atoms with van der Waals surface area (Å²) in [6.45, 7) is 1.85. The van der Waals surface area contributed by atoms with Gasteiger partial charge < -0.3 is 15.6 Å². The number of carboxylic acids is 1. The SMILES string of the molecule is Cc1nnc(CN)n1-c1sc(CC(=O)[O-])cc1C(=O)c1ccccc1Cl. The van der Waals surface area contributed by atoms with Crippen LogP contribution in [0.2, 0.25) is 5.02 Å². The van der Waals surface area contributed by atoms with E-state index in [0.717, 1.165) is 11.3 Å². The molecular weight excluding hydrogens is 376 g/mol. The monoisotopic (exact) mass is 389 g/mol. The third-order valence-electron chi connectivity index (χ3n) is 3.72. The predicted octanol–water partition coefficient (Wildman–Crippen LogP) is 1.27. The highest BCUT2D eigenvalue weighted by molar-refractivity contribution is 7.15. The summed E-state index contributed by atoms with van der Waals surface area (Å²) in [5, 5.41) is 19.8. The first-order valence-electron chi connectivity index (χ1n) is 7.65. The number of aromatic nitrogens is 3. The second kappa shape index (κ2) is 7.36. The lowest BCUT2D eigenvalue weighted by Gasteiger charge is -2.09. The van der Waals surface area contributed by atoms with E-state index >= 15 is 0 Å². The first-order chi connectivity index (χ1) is 12.4. The van der Waals surface area contributed by atoms with Gasteiger partial charge in [-0.1, -0.05) is 23.7 Å². The molecular formula is C17H14ClN4O3S-. The standard InChI is InChI=1S/C17H15ClN4O3S/c1-9-20-21-14(8-19)22(9)17-12(6-10(26-17)7-15(23)24)16(25)11-4-2-3-5-13(11)18/h2-6H,7-8,19H2,1H3,(H,23,24)/p-1. The molecule has 134 valence electrons. The summed E-state index contributed by atoms with van der Waals surface area (Å²) in [4.78, 5) is 24.5. The van der Waals surface area contributed by atoms with E-state index in [0.29, 0.717) is 37.7 Å². The molecule has 0 unspecified atom stereocenters. The highest BCUT2D eigenvalue weighted by Crippen LogP contribution is 2.32. The minimum Gasteiger partial charge on any atom is -0.550 e. The van der Waals surface area contributed by atoms with Crippen LogP contribution in [0.4, 0.5) is 0 Å². The molecule has 3 aromatic rings. The normalized spacial score (nSPS) is 10.9. The average Bonchev–Trinajstić information content (AvgIpc) is 3.17. The van der Waals surface area contributed by atoms with E-state index in [4.69, 9.17) is 17.3 Å². The molecule has 1 aromatic carbocycles. The largest absolute Gasteiger partial charge is 0.550 e. The van der Waals surface area contributed by atoms with Gasteiger partial charge in [-0.3, -0.25) is 9.36 Å². The minimum absolute atomic E-state index is 0.119. The molecule has 0 amide bonds. The number of rotatable bonds is 6. The van der Waals surface area contributed by atoms with Crippen molar-refractivity contribution in [2.45, 2.75) is 19.9 Å². The lowest BCUT2D eigenvalue weighted by atomic mass is 10.0. The van der Waals surface area contributed by atoms with Crippen LogP contribution >= 0.6 is 22.9 Å². The van der Waals surface area contributed by atoms with Crippen molar-refractivity contribution in [1.82, 2.24) is 14.8 Å². The Morgan fingerprint density at radius 3 is 2.65 bits per heavy atom. The maximum Gasteiger partial charge on any atom is 0.197 e. The summed E-state index contributed by atoms with van der Waals surface area (Å²) < 4.78 is 1.66. The summed E-state index contributed by atoms with van der Waals surface area (Å²) in [5.74, 6) is -0.533. The quantitative estimate of drug-likeness (QED) is 0.635. The van der Waals surface area contributed by atoms with Gasteiger partial charge in [0.2, 0.25) is 0 Å². The number of ketones is 1. The predicted molar refractivity (Wildman–Crippen MR) is 95.5 cm³/mol. The highest BCUT2D eigenvalue weighted by Gasteiger charge is 2.23. The molecule has 2 aromatic heterocycles. The smallest absolute Gasteiger partial charge is 0.197 e. The van der Waals surface area contributed by atoms with E-state index in [1.165, 1.54) is 0 Å². The van der Waals surface area contributed by atoms with Gasteiger partial charge in [0.05, 0.1) is 17.1 Å². The van der Waals surface area contributed by atoms with Crippen molar-refractivity contribution in [2.75, 3.05) is 0 Å². The molecule has 0 saturated heterocycles. The molecule has 0 fully saturated rings. The van der Waals surface area contributed by atoms with Crippen LogP contribution in [0.3, 0.4) is 0 Å². The third-order valence-corrected chi connectivity index (χ3v) is 5.17. The molecule has 0 atom stereocenters. The van der Waals surface area contributed by atoms with Crippen LogP contribution in [0, 0.1) is 6.92 Å². The molecule has 3 rings (SSSR count). The molecule has 2 N–H and O–H groups in total. The Bertz CT molecular complexity index is 996.